The molecule has 0 aromatic carbocycles. The average Bonchev–Trinajstić information content (AvgIpc) is 2.48. The van der Waals surface area contributed by atoms with E-state index in [1.807, 2.05) is 6.07 Å². The fourth-order valence-corrected chi connectivity index (χ4v) is 2.44. The monoisotopic (exact) mass is 263 g/mol. The van der Waals surface area contributed by atoms with Crippen molar-refractivity contribution in [3.63, 3.8) is 0 Å². The van der Waals surface area contributed by atoms with E-state index < -0.39 is 0 Å². The van der Waals surface area contributed by atoms with Crippen LogP contribution in [0.4, 0.5) is 0 Å². The molecule has 0 unspecified atom stereocenters. The molecule has 19 heavy (non-hydrogen) atoms. The van der Waals surface area contributed by atoms with Gasteiger partial charge in [-0.1, -0.05) is 25.3 Å². The van der Waals surface area contributed by atoms with Gasteiger partial charge in [-0.15, -0.1) is 0 Å². The van der Waals surface area contributed by atoms with Gasteiger partial charge < -0.3 is 4.74 Å². The zero-order valence-electron chi connectivity index (χ0n) is 11.1. The van der Waals surface area contributed by atoms with Gasteiger partial charge in [0.15, 0.2) is 0 Å². The second-order valence-electron chi connectivity index (χ2n) is 5.01. The van der Waals surface area contributed by atoms with Crippen molar-refractivity contribution in [3.8, 4) is 0 Å². The molecule has 0 spiro atoms. The molecule has 1 aliphatic carbocycles. The van der Waals surface area contributed by atoms with Gasteiger partial charge in [0.05, 0.1) is 12.3 Å². The zero-order valence-corrected chi connectivity index (χ0v) is 11.1. The number of nitrogens with zero attached hydrogens (tertiary/aromatic N) is 1. The van der Waals surface area contributed by atoms with E-state index in [9.17, 15) is 4.79 Å². The smallest absolute Gasteiger partial charge is 0.283 e. The molecular weight excluding hydrogens is 242 g/mol. The molecule has 1 saturated carbocycles. The number of rotatable bonds is 5. The van der Waals surface area contributed by atoms with Crippen LogP contribution in [-0.4, -0.2) is 17.5 Å². The summed E-state index contributed by atoms with van der Waals surface area (Å²) < 4.78 is 5.70. The van der Waals surface area contributed by atoms with Crippen LogP contribution in [0.1, 0.15) is 48.3 Å². The van der Waals surface area contributed by atoms with Crippen molar-refractivity contribution in [2.45, 2.75) is 38.7 Å². The quantitative estimate of drug-likeness (QED) is 0.482. The SMILES string of the molecule is NNC(=O)c1cccc(COCC2CCCCC2)n1. The average molecular weight is 263 g/mol. The Morgan fingerprint density at radius 2 is 2.16 bits per heavy atom. The summed E-state index contributed by atoms with van der Waals surface area (Å²) in [6.45, 7) is 1.23. The molecule has 104 valence electrons. The molecule has 1 heterocycles. The van der Waals surface area contributed by atoms with Crippen molar-refractivity contribution in [1.82, 2.24) is 10.4 Å². The maximum absolute atomic E-state index is 11.3. The van der Waals surface area contributed by atoms with Crippen molar-refractivity contribution in [1.29, 1.82) is 0 Å². The molecule has 0 atom stereocenters. The van der Waals surface area contributed by atoms with Crippen molar-refractivity contribution < 1.29 is 9.53 Å². The first-order valence-corrected chi connectivity index (χ1v) is 6.84. The summed E-state index contributed by atoms with van der Waals surface area (Å²) in [7, 11) is 0. The minimum Gasteiger partial charge on any atom is -0.375 e. The highest BCUT2D eigenvalue weighted by Crippen LogP contribution is 2.23. The van der Waals surface area contributed by atoms with Crippen LogP contribution in [0.3, 0.4) is 0 Å². The second kappa shape index (κ2) is 7.21. The third kappa shape index (κ3) is 4.29. The number of hydrogen-bond donors (Lipinski definition) is 2. The Morgan fingerprint density at radius 1 is 1.37 bits per heavy atom. The maximum Gasteiger partial charge on any atom is 0.283 e. The zero-order chi connectivity index (χ0) is 13.5. The lowest BCUT2D eigenvalue weighted by Gasteiger charge is -2.21. The molecule has 5 heteroatoms. The van der Waals surface area contributed by atoms with E-state index >= 15 is 0 Å². The van der Waals surface area contributed by atoms with E-state index in [-0.39, 0.29) is 5.91 Å². The molecule has 2 rings (SSSR count). The van der Waals surface area contributed by atoms with E-state index in [0.29, 0.717) is 18.2 Å². The van der Waals surface area contributed by atoms with Gasteiger partial charge in [0.2, 0.25) is 0 Å². The minimum absolute atomic E-state index is 0.321. The number of amides is 1. The number of nitrogens with one attached hydrogen (secondary N) is 1. The van der Waals surface area contributed by atoms with Crippen LogP contribution < -0.4 is 11.3 Å². The number of hydrazine groups is 1. The minimum atomic E-state index is -0.380. The lowest BCUT2D eigenvalue weighted by atomic mass is 9.90. The van der Waals surface area contributed by atoms with E-state index in [1.165, 1.54) is 32.1 Å². The summed E-state index contributed by atoms with van der Waals surface area (Å²) in [5.41, 5.74) is 3.16. The molecule has 0 aliphatic heterocycles. The molecular formula is C14H21N3O2. The summed E-state index contributed by atoms with van der Waals surface area (Å²) in [5.74, 6) is 5.39. The van der Waals surface area contributed by atoms with Gasteiger partial charge in [0.25, 0.3) is 5.91 Å². The highest BCUT2D eigenvalue weighted by Gasteiger charge is 2.13. The molecule has 1 aromatic heterocycles. The van der Waals surface area contributed by atoms with Gasteiger partial charge in [-0.3, -0.25) is 10.2 Å². The van der Waals surface area contributed by atoms with Gasteiger partial charge in [-0.05, 0) is 30.9 Å². The number of nitrogen functional groups attached to an aromatic ring is 1. The Morgan fingerprint density at radius 3 is 2.89 bits per heavy atom. The van der Waals surface area contributed by atoms with Gasteiger partial charge in [-0.25, -0.2) is 10.8 Å². The Bertz CT molecular complexity index is 417. The number of ether oxygens (including phenoxy) is 1. The fourth-order valence-electron chi connectivity index (χ4n) is 2.44. The molecule has 5 nitrogen and oxygen atoms in total. The Balaban J connectivity index is 1.80. The molecule has 1 aromatic rings. The molecule has 0 saturated heterocycles. The maximum atomic E-state index is 11.3. The predicted molar refractivity (Wildman–Crippen MR) is 72.1 cm³/mol. The molecule has 3 N–H and O–H groups in total. The van der Waals surface area contributed by atoms with E-state index in [0.717, 1.165) is 12.3 Å². The molecule has 0 radical (unpaired) electrons. The van der Waals surface area contributed by atoms with Crippen molar-refractivity contribution in [2.24, 2.45) is 11.8 Å². The predicted octanol–water partition coefficient (Wildman–Crippen LogP) is 1.78. The normalized spacial score (nSPS) is 16.3. The van der Waals surface area contributed by atoms with Crippen LogP contribution in [0.15, 0.2) is 18.2 Å². The summed E-state index contributed by atoms with van der Waals surface area (Å²) in [6, 6.07) is 5.28. The van der Waals surface area contributed by atoms with Crippen LogP contribution in [0.2, 0.25) is 0 Å². The lowest BCUT2D eigenvalue weighted by molar-refractivity contribution is 0.0718. The first kappa shape index (κ1) is 14.0. The number of carbonyl (C=O) groups excluding carboxylic acids is 1. The Labute approximate surface area is 113 Å². The van der Waals surface area contributed by atoms with E-state index in [4.69, 9.17) is 10.6 Å². The summed E-state index contributed by atoms with van der Waals surface area (Å²) in [5, 5.41) is 0. The highest BCUT2D eigenvalue weighted by molar-refractivity contribution is 5.91. The topological polar surface area (TPSA) is 77.2 Å². The second-order valence-corrected chi connectivity index (χ2v) is 5.01. The van der Waals surface area contributed by atoms with Crippen LogP contribution in [0, 0.1) is 5.92 Å². The largest absolute Gasteiger partial charge is 0.375 e. The standard InChI is InChI=1S/C14H21N3O2/c15-17-14(18)13-8-4-7-12(16-13)10-19-9-11-5-2-1-3-6-11/h4,7-8,11H,1-3,5-6,9-10,15H2,(H,17,18). The lowest BCUT2D eigenvalue weighted by Crippen LogP contribution is -2.30. The number of carbonyl (C=O) groups is 1. The molecule has 1 aliphatic rings. The summed E-state index contributed by atoms with van der Waals surface area (Å²) >= 11 is 0. The first-order valence-electron chi connectivity index (χ1n) is 6.84. The van der Waals surface area contributed by atoms with Crippen molar-refractivity contribution in [3.05, 3.63) is 29.6 Å². The van der Waals surface area contributed by atoms with Crippen LogP contribution >= 0.6 is 0 Å². The summed E-state index contributed by atoms with van der Waals surface area (Å²) in [4.78, 5) is 15.6. The number of aromatic nitrogens is 1. The molecule has 0 bridgehead atoms. The van der Waals surface area contributed by atoms with Crippen molar-refractivity contribution in [2.75, 3.05) is 6.61 Å². The number of nitrogens with two attached hydrogens (primary N) is 1. The van der Waals surface area contributed by atoms with Gasteiger partial charge >= 0.3 is 0 Å². The van der Waals surface area contributed by atoms with Crippen LogP contribution in [0.25, 0.3) is 0 Å². The van der Waals surface area contributed by atoms with Crippen LogP contribution in [0.5, 0.6) is 0 Å². The Hall–Kier alpha value is -1.46. The van der Waals surface area contributed by atoms with Gasteiger partial charge in [0.1, 0.15) is 5.69 Å². The number of pyridine rings is 1. The van der Waals surface area contributed by atoms with Gasteiger partial charge in [0, 0.05) is 6.61 Å². The Kier molecular flexibility index (Phi) is 5.30. The summed E-state index contributed by atoms with van der Waals surface area (Å²) in [6.07, 6.45) is 6.53. The third-order valence-corrected chi connectivity index (χ3v) is 3.50. The molecule has 1 fully saturated rings. The van der Waals surface area contributed by atoms with E-state index in [1.54, 1.807) is 12.1 Å². The van der Waals surface area contributed by atoms with Gasteiger partial charge in [-0.2, -0.15) is 0 Å². The number of hydrogen-bond acceptors (Lipinski definition) is 4. The van der Waals surface area contributed by atoms with Crippen molar-refractivity contribution >= 4 is 5.91 Å². The fraction of sp³-hybridized carbons (Fsp3) is 0.571. The molecule has 1 amide bonds. The third-order valence-electron chi connectivity index (χ3n) is 3.50. The van der Waals surface area contributed by atoms with E-state index in [2.05, 4.69) is 10.4 Å². The highest BCUT2D eigenvalue weighted by atomic mass is 16.5. The first-order chi connectivity index (χ1) is 9.29. The van der Waals surface area contributed by atoms with Crippen LogP contribution in [-0.2, 0) is 11.3 Å².